The van der Waals surface area contributed by atoms with E-state index in [-0.39, 0.29) is 29.2 Å². The molecular formula is C32H28F4O3. The molecule has 0 heterocycles. The Balaban J connectivity index is 1.45. The number of hydrogen-bond donors (Lipinski definition) is 0. The van der Waals surface area contributed by atoms with Gasteiger partial charge in [-0.05, 0) is 48.7 Å². The van der Waals surface area contributed by atoms with Crippen LogP contribution in [0.3, 0.4) is 0 Å². The van der Waals surface area contributed by atoms with Crippen LogP contribution in [0.4, 0.5) is 17.6 Å². The highest BCUT2D eigenvalue weighted by Gasteiger charge is 2.22. The topological polar surface area (TPSA) is 35.5 Å². The number of aryl methyl sites for hydroxylation is 1. The molecule has 0 spiro atoms. The van der Waals surface area contributed by atoms with E-state index in [1.165, 1.54) is 42.5 Å². The molecule has 7 heteroatoms. The average Bonchev–Trinajstić information content (AvgIpc) is 2.93. The largest absolute Gasteiger partial charge is 0.490 e. The van der Waals surface area contributed by atoms with Gasteiger partial charge in [0.15, 0.2) is 23.2 Å². The lowest BCUT2D eigenvalue weighted by molar-refractivity contribution is 0.0728. The third-order valence-corrected chi connectivity index (χ3v) is 6.34. The summed E-state index contributed by atoms with van der Waals surface area (Å²) >= 11 is 0. The Morgan fingerprint density at radius 3 is 1.85 bits per heavy atom. The van der Waals surface area contributed by atoms with Gasteiger partial charge in [-0.2, -0.15) is 4.39 Å². The van der Waals surface area contributed by atoms with Gasteiger partial charge in [-0.3, -0.25) is 0 Å². The number of carbonyl (C=O) groups excluding carboxylic acids is 1. The summed E-state index contributed by atoms with van der Waals surface area (Å²) in [5, 5.41) is 0. The van der Waals surface area contributed by atoms with E-state index in [0.29, 0.717) is 17.5 Å². The number of benzene rings is 4. The van der Waals surface area contributed by atoms with E-state index < -0.39 is 34.8 Å². The van der Waals surface area contributed by atoms with Gasteiger partial charge < -0.3 is 9.47 Å². The van der Waals surface area contributed by atoms with Crippen molar-refractivity contribution in [2.75, 3.05) is 6.61 Å². The number of rotatable bonds is 10. The molecule has 0 aliphatic carbocycles. The van der Waals surface area contributed by atoms with E-state index in [1.807, 2.05) is 19.1 Å². The first kappa shape index (κ1) is 27.9. The Labute approximate surface area is 225 Å². The molecule has 0 aliphatic rings. The minimum atomic E-state index is -1.37. The lowest BCUT2D eigenvalue weighted by Crippen LogP contribution is -2.12. The van der Waals surface area contributed by atoms with Crippen molar-refractivity contribution in [2.24, 2.45) is 0 Å². The number of unbranched alkanes of at least 4 members (excludes halogenated alkanes) is 3. The molecule has 0 saturated heterocycles. The van der Waals surface area contributed by atoms with Gasteiger partial charge >= 0.3 is 5.97 Å². The first-order chi connectivity index (χ1) is 18.8. The molecule has 4 rings (SSSR count). The minimum Gasteiger partial charge on any atom is -0.490 e. The smallest absolute Gasteiger partial charge is 0.346 e. The molecule has 0 radical (unpaired) electrons. The van der Waals surface area contributed by atoms with Crippen LogP contribution in [0.1, 0.15) is 48.5 Å². The summed E-state index contributed by atoms with van der Waals surface area (Å²) in [4.78, 5) is 12.5. The number of hydrogen-bond acceptors (Lipinski definition) is 3. The summed E-state index contributed by atoms with van der Waals surface area (Å²) in [6.07, 6.45) is 3.70. The van der Waals surface area contributed by atoms with Crippen LogP contribution in [0.5, 0.6) is 11.5 Å². The summed E-state index contributed by atoms with van der Waals surface area (Å²) in [5.74, 6) is -5.96. The van der Waals surface area contributed by atoms with Gasteiger partial charge in [0.25, 0.3) is 0 Å². The van der Waals surface area contributed by atoms with E-state index in [1.54, 1.807) is 12.1 Å². The highest BCUT2D eigenvalue weighted by molar-refractivity contribution is 5.91. The van der Waals surface area contributed by atoms with Crippen molar-refractivity contribution in [3.8, 4) is 33.8 Å². The zero-order chi connectivity index (χ0) is 27.9. The summed E-state index contributed by atoms with van der Waals surface area (Å²) in [6, 6.07) is 18.0. The molecule has 0 N–H and O–H groups in total. The van der Waals surface area contributed by atoms with Crippen molar-refractivity contribution >= 4 is 5.97 Å². The Hall–Kier alpha value is -4.13. The molecule has 4 aromatic carbocycles. The van der Waals surface area contributed by atoms with Crippen molar-refractivity contribution in [3.63, 3.8) is 0 Å². The van der Waals surface area contributed by atoms with Crippen molar-refractivity contribution in [2.45, 2.75) is 39.5 Å². The van der Waals surface area contributed by atoms with Crippen LogP contribution in [0.2, 0.25) is 0 Å². The van der Waals surface area contributed by atoms with Gasteiger partial charge in [-0.15, -0.1) is 0 Å². The number of esters is 1. The van der Waals surface area contributed by atoms with E-state index in [2.05, 4.69) is 6.92 Å². The molecule has 0 bridgehead atoms. The number of carbonyl (C=O) groups is 1. The van der Waals surface area contributed by atoms with Crippen LogP contribution in [-0.2, 0) is 0 Å². The minimum absolute atomic E-state index is 0.0250. The molecule has 0 aliphatic heterocycles. The third-order valence-electron chi connectivity index (χ3n) is 6.34. The molecule has 3 nitrogen and oxygen atoms in total. The van der Waals surface area contributed by atoms with Crippen LogP contribution in [0.15, 0.2) is 72.8 Å². The second kappa shape index (κ2) is 12.6. The normalized spacial score (nSPS) is 10.9. The molecule has 4 aromatic rings. The fraction of sp³-hybridized carbons (Fsp3) is 0.219. The van der Waals surface area contributed by atoms with Gasteiger partial charge in [0, 0.05) is 11.1 Å². The molecule has 0 aromatic heterocycles. The second-order valence-electron chi connectivity index (χ2n) is 9.22. The fourth-order valence-electron chi connectivity index (χ4n) is 4.10. The molecule has 0 saturated carbocycles. The molecule has 39 heavy (non-hydrogen) atoms. The first-order valence-electron chi connectivity index (χ1n) is 12.8. The van der Waals surface area contributed by atoms with E-state index in [0.717, 1.165) is 30.9 Å². The Morgan fingerprint density at radius 2 is 1.26 bits per heavy atom. The average molecular weight is 537 g/mol. The molecule has 0 amide bonds. The second-order valence-corrected chi connectivity index (χ2v) is 9.22. The zero-order valence-corrected chi connectivity index (χ0v) is 21.7. The predicted molar refractivity (Wildman–Crippen MR) is 143 cm³/mol. The van der Waals surface area contributed by atoms with Gasteiger partial charge in [-0.25, -0.2) is 18.0 Å². The number of halogens is 4. The van der Waals surface area contributed by atoms with Crippen molar-refractivity contribution in [1.82, 2.24) is 0 Å². The molecule has 0 atom stereocenters. The van der Waals surface area contributed by atoms with E-state index >= 15 is 0 Å². The quantitative estimate of drug-likeness (QED) is 0.0878. The Bertz CT molecular complexity index is 1450. The van der Waals surface area contributed by atoms with Crippen molar-refractivity contribution in [3.05, 3.63) is 107 Å². The molecule has 202 valence electrons. The maximum absolute atomic E-state index is 14.9. The maximum Gasteiger partial charge on any atom is 0.346 e. The molecular weight excluding hydrogens is 508 g/mol. The first-order valence-corrected chi connectivity index (χ1v) is 12.8. The summed E-state index contributed by atoms with van der Waals surface area (Å²) in [5.41, 5.74) is 1.49. The fourth-order valence-corrected chi connectivity index (χ4v) is 4.10. The zero-order valence-electron chi connectivity index (χ0n) is 21.7. The maximum atomic E-state index is 14.9. The Morgan fingerprint density at radius 1 is 0.667 bits per heavy atom. The van der Waals surface area contributed by atoms with Crippen LogP contribution in [-0.4, -0.2) is 12.6 Å². The van der Waals surface area contributed by atoms with Crippen molar-refractivity contribution < 1.29 is 31.8 Å². The van der Waals surface area contributed by atoms with Gasteiger partial charge in [0.2, 0.25) is 5.82 Å². The monoisotopic (exact) mass is 536 g/mol. The lowest BCUT2D eigenvalue weighted by atomic mass is 9.98. The Kier molecular flexibility index (Phi) is 9.02. The third kappa shape index (κ3) is 6.48. The van der Waals surface area contributed by atoms with Gasteiger partial charge in [0.1, 0.15) is 5.75 Å². The van der Waals surface area contributed by atoms with Crippen LogP contribution >= 0.6 is 0 Å². The SMILES string of the molecule is CCCCCCOc1ccc(C(=O)Oc2ccc(-c3ccc(-c4ccc(C)cc4)c(F)c3F)cc2)c(F)c1F. The number of ether oxygens (including phenoxy) is 2. The van der Waals surface area contributed by atoms with Crippen LogP contribution in [0.25, 0.3) is 22.3 Å². The lowest BCUT2D eigenvalue weighted by Gasteiger charge is -2.11. The molecule has 0 fully saturated rings. The van der Waals surface area contributed by atoms with Gasteiger partial charge in [-0.1, -0.05) is 80.3 Å². The highest BCUT2D eigenvalue weighted by atomic mass is 19.2. The van der Waals surface area contributed by atoms with E-state index in [4.69, 9.17) is 9.47 Å². The highest BCUT2D eigenvalue weighted by Crippen LogP contribution is 2.32. The predicted octanol–water partition coefficient (Wildman–Crippen LogP) is 9.06. The van der Waals surface area contributed by atoms with Crippen molar-refractivity contribution in [1.29, 1.82) is 0 Å². The summed E-state index contributed by atoms with van der Waals surface area (Å²) < 4.78 is 69.3. The van der Waals surface area contributed by atoms with Crippen LogP contribution < -0.4 is 9.47 Å². The summed E-state index contributed by atoms with van der Waals surface area (Å²) in [6.45, 7) is 4.21. The van der Waals surface area contributed by atoms with E-state index in [9.17, 15) is 22.4 Å². The van der Waals surface area contributed by atoms with Gasteiger partial charge in [0.05, 0.1) is 12.2 Å². The standard InChI is InChI=1S/C32H28F4O3/c1-3-4-5-6-19-38-27-18-17-26(30(35)31(27)36)32(37)39-23-13-11-22(12-14-23)25-16-15-24(28(33)29(25)34)21-9-7-20(2)8-10-21/h7-18H,3-6,19H2,1-2H3. The summed E-state index contributed by atoms with van der Waals surface area (Å²) in [7, 11) is 0. The molecule has 0 unspecified atom stereocenters. The van der Waals surface area contributed by atoms with Crippen LogP contribution in [0, 0.1) is 30.2 Å².